The van der Waals surface area contributed by atoms with E-state index < -0.39 is 12.6 Å². The van der Waals surface area contributed by atoms with E-state index in [1.54, 1.807) is 46.4 Å². The van der Waals surface area contributed by atoms with Crippen molar-refractivity contribution < 1.29 is 19.4 Å². The van der Waals surface area contributed by atoms with Crippen LogP contribution in [0.4, 0.5) is 0 Å². The van der Waals surface area contributed by atoms with E-state index in [9.17, 15) is 9.59 Å². The van der Waals surface area contributed by atoms with E-state index in [0.29, 0.717) is 24.4 Å². The molecule has 0 aliphatic carbocycles. The molecule has 1 unspecified atom stereocenters. The minimum absolute atomic E-state index is 0.0587. The summed E-state index contributed by atoms with van der Waals surface area (Å²) in [5.74, 6) is -0.676. The first-order valence-electron chi connectivity index (χ1n) is 7.73. The number of piperidine rings is 1. The lowest BCUT2D eigenvalue weighted by Crippen LogP contribution is -2.41. The van der Waals surface area contributed by atoms with Gasteiger partial charge in [0.1, 0.15) is 5.75 Å². The first kappa shape index (κ1) is 16.0. The van der Waals surface area contributed by atoms with Crippen molar-refractivity contribution in [2.75, 3.05) is 19.7 Å². The number of benzene rings is 1. The Morgan fingerprint density at radius 2 is 1.92 bits per heavy atom. The van der Waals surface area contributed by atoms with Gasteiger partial charge in [-0.25, -0.2) is 4.79 Å². The molecule has 1 aromatic carbocycles. The Labute approximate surface area is 138 Å². The van der Waals surface area contributed by atoms with Crippen molar-refractivity contribution in [2.24, 2.45) is 0 Å². The van der Waals surface area contributed by atoms with Crippen LogP contribution in [-0.4, -0.2) is 56.6 Å². The maximum absolute atomic E-state index is 12.6. The number of nitrogens with zero attached hydrogens (tertiary/aromatic N) is 4. The van der Waals surface area contributed by atoms with Gasteiger partial charge in [-0.15, -0.1) is 0 Å². The van der Waals surface area contributed by atoms with Crippen LogP contribution in [0.25, 0.3) is 0 Å². The lowest BCUT2D eigenvalue weighted by atomic mass is 10.0. The summed E-state index contributed by atoms with van der Waals surface area (Å²) in [5.41, 5.74) is 0.548. The van der Waals surface area contributed by atoms with Gasteiger partial charge in [0.15, 0.2) is 6.61 Å². The largest absolute Gasteiger partial charge is 0.482 e. The van der Waals surface area contributed by atoms with Crippen molar-refractivity contribution in [1.82, 2.24) is 19.9 Å². The first-order valence-corrected chi connectivity index (χ1v) is 7.73. The number of ether oxygens (including phenoxy) is 1. The van der Waals surface area contributed by atoms with Gasteiger partial charge in [-0.1, -0.05) is 0 Å². The number of rotatable bonds is 5. The summed E-state index contributed by atoms with van der Waals surface area (Å²) in [6.45, 7) is 0.872. The van der Waals surface area contributed by atoms with Crippen LogP contribution in [0.1, 0.15) is 29.2 Å². The molecule has 1 amide bonds. The average Bonchev–Trinajstić information content (AvgIpc) is 3.14. The highest BCUT2D eigenvalue weighted by molar-refractivity contribution is 5.94. The van der Waals surface area contributed by atoms with Crippen molar-refractivity contribution >= 4 is 11.9 Å². The number of likely N-dealkylation sites (tertiary alicyclic amines) is 1. The Morgan fingerprint density at radius 1 is 1.21 bits per heavy atom. The molecule has 24 heavy (non-hydrogen) atoms. The van der Waals surface area contributed by atoms with Crippen LogP contribution < -0.4 is 4.74 Å². The highest BCUT2D eigenvalue weighted by Gasteiger charge is 2.26. The second-order valence-electron chi connectivity index (χ2n) is 5.60. The maximum Gasteiger partial charge on any atom is 0.341 e. The lowest BCUT2D eigenvalue weighted by Gasteiger charge is -2.32. The molecule has 2 aromatic rings. The molecule has 1 aliphatic rings. The van der Waals surface area contributed by atoms with Crippen molar-refractivity contribution in [3.63, 3.8) is 0 Å². The smallest absolute Gasteiger partial charge is 0.341 e. The minimum atomic E-state index is -1.04. The third kappa shape index (κ3) is 3.70. The van der Waals surface area contributed by atoms with E-state index in [1.807, 2.05) is 0 Å². The van der Waals surface area contributed by atoms with E-state index >= 15 is 0 Å². The molecular weight excluding hydrogens is 312 g/mol. The molecule has 2 heterocycles. The number of aromatic nitrogens is 3. The van der Waals surface area contributed by atoms with Crippen LogP contribution in [0.5, 0.6) is 5.75 Å². The molecular formula is C16H18N4O4. The Balaban J connectivity index is 1.64. The molecule has 0 saturated carbocycles. The van der Waals surface area contributed by atoms with Gasteiger partial charge in [-0.3, -0.25) is 4.79 Å². The molecule has 1 N–H and O–H groups in total. The van der Waals surface area contributed by atoms with Crippen LogP contribution in [0.2, 0.25) is 0 Å². The summed E-state index contributed by atoms with van der Waals surface area (Å²) in [4.78, 5) is 26.6. The van der Waals surface area contributed by atoms with Gasteiger partial charge in [0.25, 0.3) is 5.91 Å². The molecule has 3 rings (SSSR count). The average molecular weight is 330 g/mol. The molecule has 126 valence electrons. The van der Waals surface area contributed by atoms with Crippen LogP contribution in [0.15, 0.2) is 36.7 Å². The van der Waals surface area contributed by atoms with E-state index in [-0.39, 0.29) is 11.9 Å². The van der Waals surface area contributed by atoms with E-state index in [4.69, 9.17) is 9.84 Å². The summed E-state index contributed by atoms with van der Waals surface area (Å²) in [6, 6.07) is 6.60. The standard InChI is InChI=1S/C16H18N4O4/c21-15(22)11-24-14-5-3-12(4-6-14)16(23)19-9-1-2-13(10-19)20-17-7-8-18-20/h3-8,13H,1-2,9-11H2,(H,21,22). The summed E-state index contributed by atoms with van der Waals surface area (Å²) in [7, 11) is 0. The van der Waals surface area contributed by atoms with Gasteiger partial charge >= 0.3 is 5.97 Å². The number of carboxylic acid groups (broad SMARTS) is 1. The Hall–Kier alpha value is -2.90. The summed E-state index contributed by atoms with van der Waals surface area (Å²) < 4.78 is 5.07. The monoisotopic (exact) mass is 330 g/mol. The molecule has 1 atom stereocenters. The number of carbonyl (C=O) groups is 2. The molecule has 1 aliphatic heterocycles. The molecule has 1 aromatic heterocycles. The van der Waals surface area contributed by atoms with E-state index in [0.717, 1.165) is 12.8 Å². The predicted octanol–water partition coefficient (Wildman–Crippen LogP) is 1.22. The quantitative estimate of drug-likeness (QED) is 0.885. The van der Waals surface area contributed by atoms with Gasteiger partial charge < -0.3 is 14.7 Å². The van der Waals surface area contributed by atoms with Crippen molar-refractivity contribution in [1.29, 1.82) is 0 Å². The molecule has 0 spiro atoms. The molecule has 8 nitrogen and oxygen atoms in total. The highest BCUT2D eigenvalue weighted by Crippen LogP contribution is 2.22. The zero-order valence-electron chi connectivity index (χ0n) is 13.0. The van der Waals surface area contributed by atoms with Crippen LogP contribution in [0, 0.1) is 0 Å². The van der Waals surface area contributed by atoms with Gasteiger partial charge in [0.2, 0.25) is 0 Å². The predicted molar refractivity (Wildman–Crippen MR) is 83.8 cm³/mol. The van der Waals surface area contributed by atoms with Crippen LogP contribution in [0.3, 0.4) is 0 Å². The van der Waals surface area contributed by atoms with Crippen LogP contribution >= 0.6 is 0 Å². The Kier molecular flexibility index (Phi) is 4.74. The Morgan fingerprint density at radius 3 is 2.58 bits per heavy atom. The van der Waals surface area contributed by atoms with Gasteiger partial charge in [-0.05, 0) is 37.1 Å². The SMILES string of the molecule is O=C(O)COc1ccc(C(=O)N2CCCC(n3nccn3)C2)cc1. The second kappa shape index (κ2) is 7.12. The summed E-state index contributed by atoms with van der Waals surface area (Å²) in [6.07, 6.45) is 5.12. The van der Waals surface area contributed by atoms with E-state index in [2.05, 4.69) is 10.2 Å². The Bertz CT molecular complexity index is 699. The topological polar surface area (TPSA) is 97.6 Å². The van der Waals surface area contributed by atoms with Crippen molar-refractivity contribution in [3.8, 4) is 5.75 Å². The van der Waals surface area contributed by atoms with Crippen molar-refractivity contribution in [2.45, 2.75) is 18.9 Å². The first-order chi connectivity index (χ1) is 11.6. The number of amides is 1. The van der Waals surface area contributed by atoms with Gasteiger partial charge in [-0.2, -0.15) is 15.0 Å². The fourth-order valence-corrected chi connectivity index (χ4v) is 2.76. The number of carboxylic acids is 1. The normalized spacial score (nSPS) is 17.5. The number of aliphatic carboxylic acids is 1. The second-order valence-corrected chi connectivity index (χ2v) is 5.60. The zero-order chi connectivity index (χ0) is 16.9. The molecule has 0 bridgehead atoms. The summed E-state index contributed by atoms with van der Waals surface area (Å²) >= 11 is 0. The lowest BCUT2D eigenvalue weighted by molar-refractivity contribution is -0.139. The van der Waals surface area contributed by atoms with Gasteiger partial charge in [0, 0.05) is 18.7 Å². The fourth-order valence-electron chi connectivity index (χ4n) is 2.76. The fraction of sp³-hybridized carbons (Fsp3) is 0.375. The number of carbonyl (C=O) groups excluding carboxylic acids is 1. The number of hydrogen-bond acceptors (Lipinski definition) is 5. The highest BCUT2D eigenvalue weighted by atomic mass is 16.5. The molecule has 1 fully saturated rings. The molecule has 1 saturated heterocycles. The maximum atomic E-state index is 12.6. The minimum Gasteiger partial charge on any atom is -0.482 e. The van der Waals surface area contributed by atoms with Gasteiger partial charge in [0.05, 0.1) is 18.4 Å². The zero-order valence-corrected chi connectivity index (χ0v) is 13.0. The third-order valence-corrected chi connectivity index (χ3v) is 3.91. The molecule has 0 radical (unpaired) electrons. The summed E-state index contributed by atoms with van der Waals surface area (Å²) in [5, 5.41) is 16.9. The van der Waals surface area contributed by atoms with Crippen molar-refractivity contribution in [3.05, 3.63) is 42.2 Å². The number of hydrogen-bond donors (Lipinski definition) is 1. The third-order valence-electron chi connectivity index (χ3n) is 3.91. The van der Waals surface area contributed by atoms with E-state index in [1.165, 1.54) is 0 Å². The van der Waals surface area contributed by atoms with Crippen LogP contribution in [-0.2, 0) is 4.79 Å². The molecule has 8 heteroatoms.